The number of nitrogens with one attached hydrogen (secondary N) is 2. The predicted octanol–water partition coefficient (Wildman–Crippen LogP) is 1.90. The van der Waals surface area contributed by atoms with E-state index >= 15 is 0 Å². The first-order valence-electron chi connectivity index (χ1n) is 7.99. The van der Waals surface area contributed by atoms with Crippen LogP contribution in [-0.4, -0.2) is 30.9 Å². The molecule has 4 unspecified atom stereocenters. The second-order valence-electron chi connectivity index (χ2n) is 6.38. The van der Waals surface area contributed by atoms with Crippen LogP contribution in [0.1, 0.15) is 24.8 Å². The Bertz CT molecular complexity index is 534. The van der Waals surface area contributed by atoms with Crippen LogP contribution in [0.4, 0.5) is 4.79 Å². The summed E-state index contributed by atoms with van der Waals surface area (Å²) in [6.45, 7) is 0.635. The molecule has 3 N–H and O–H groups in total. The van der Waals surface area contributed by atoms with E-state index in [1.54, 1.807) is 7.11 Å². The van der Waals surface area contributed by atoms with Gasteiger partial charge in [-0.25, -0.2) is 4.79 Å². The minimum atomic E-state index is -0.154. The number of urea groups is 1. The molecule has 2 aliphatic carbocycles. The zero-order valence-corrected chi connectivity index (χ0v) is 12.9. The van der Waals surface area contributed by atoms with Crippen LogP contribution in [0.15, 0.2) is 24.3 Å². The first-order chi connectivity index (χ1) is 10.7. The number of ether oxygens (including phenoxy) is 1. The Morgan fingerprint density at radius 2 is 2.18 bits per heavy atom. The molecule has 1 aromatic carbocycles. The minimum absolute atomic E-state index is 0.119. The highest BCUT2D eigenvalue weighted by atomic mass is 16.5. The van der Waals surface area contributed by atoms with Crippen molar-refractivity contribution < 1.29 is 14.6 Å². The number of carbonyl (C=O) groups is 1. The summed E-state index contributed by atoms with van der Waals surface area (Å²) in [5.41, 5.74) is 1.00. The van der Waals surface area contributed by atoms with E-state index in [0.717, 1.165) is 17.7 Å². The summed E-state index contributed by atoms with van der Waals surface area (Å²) in [6, 6.07) is 7.62. The lowest BCUT2D eigenvalue weighted by Gasteiger charge is -2.30. The van der Waals surface area contributed by atoms with E-state index in [1.807, 2.05) is 24.3 Å². The van der Waals surface area contributed by atoms with Crippen molar-refractivity contribution in [3.63, 3.8) is 0 Å². The van der Waals surface area contributed by atoms with Crippen LogP contribution in [-0.2, 0) is 6.54 Å². The maximum absolute atomic E-state index is 12.1. The van der Waals surface area contributed by atoms with Crippen molar-refractivity contribution in [2.45, 2.75) is 31.8 Å². The van der Waals surface area contributed by atoms with E-state index in [0.29, 0.717) is 18.4 Å². The molecule has 5 heteroatoms. The molecule has 2 aliphatic rings. The Morgan fingerprint density at radius 1 is 1.36 bits per heavy atom. The topological polar surface area (TPSA) is 70.6 Å². The molecule has 4 atom stereocenters. The quantitative estimate of drug-likeness (QED) is 0.778. The van der Waals surface area contributed by atoms with Gasteiger partial charge in [-0.2, -0.15) is 0 Å². The van der Waals surface area contributed by atoms with Crippen LogP contribution in [0.3, 0.4) is 0 Å². The Morgan fingerprint density at radius 3 is 2.95 bits per heavy atom. The second-order valence-corrected chi connectivity index (χ2v) is 6.38. The molecule has 2 saturated carbocycles. The monoisotopic (exact) mass is 304 g/mol. The van der Waals surface area contributed by atoms with E-state index in [1.165, 1.54) is 12.8 Å². The third-order valence-electron chi connectivity index (χ3n) is 5.18. The number of hydrogen-bond acceptors (Lipinski definition) is 3. The van der Waals surface area contributed by atoms with Gasteiger partial charge in [0.1, 0.15) is 5.75 Å². The lowest BCUT2D eigenvalue weighted by Crippen LogP contribution is -2.48. The number of rotatable bonds is 5. The lowest BCUT2D eigenvalue weighted by molar-refractivity contribution is 0.144. The fourth-order valence-electron chi connectivity index (χ4n) is 4.07. The van der Waals surface area contributed by atoms with E-state index in [-0.39, 0.29) is 24.6 Å². The van der Waals surface area contributed by atoms with Gasteiger partial charge in [0.25, 0.3) is 0 Å². The van der Waals surface area contributed by atoms with Crippen LogP contribution < -0.4 is 15.4 Å². The average molecular weight is 304 g/mol. The van der Waals surface area contributed by atoms with Gasteiger partial charge in [-0.15, -0.1) is 0 Å². The molecule has 2 amide bonds. The molecular formula is C17H24N2O3. The number of aliphatic hydroxyl groups is 1. The molecule has 0 saturated heterocycles. The van der Waals surface area contributed by atoms with Gasteiger partial charge in [-0.1, -0.05) is 12.1 Å². The third-order valence-corrected chi connectivity index (χ3v) is 5.18. The van der Waals surface area contributed by atoms with Gasteiger partial charge in [0.2, 0.25) is 0 Å². The molecule has 0 aliphatic heterocycles. The van der Waals surface area contributed by atoms with Gasteiger partial charge < -0.3 is 20.5 Å². The molecule has 22 heavy (non-hydrogen) atoms. The zero-order chi connectivity index (χ0) is 15.5. The molecular weight excluding hydrogens is 280 g/mol. The third kappa shape index (κ3) is 3.04. The van der Waals surface area contributed by atoms with Crippen molar-refractivity contribution in [2.24, 2.45) is 17.8 Å². The number of methoxy groups -OCH3 is 1. The SMILES string of the molecule is COc1cccc(CNC(=O)NC2C3CCC(C3)C2CO)c1. The van der Waals surface area contributed by atoms with Gasteiger partial charge in [-0.05, 0) is 48.8 Å². The Kier molecular flexibility index (Phi) is 4.52. The number of fused-ring (bicyclic) bond motifs is 2. The number of amides is 2. The first-order valence-corrected chi connectivity index (χ1v) is 7.99. The van der Waals surface area contributed by atoms with Gasteiger partial charge >= 0.3 is 6.03 Å². The molecule has 0 heterocycles. The fourth-order valence-corrected chi connectivity index (χ4v) is 4.07. The zero-order valence-electron chi connectivity index (χ0n) is 12.9. The summed E-state index contributed by atoms with van der Waals surface area (Å²) in [4.78, 5) is 12.1. The number of aliphatic hydroxyl groups excluding tert-OH is 1. The van der Waals surface area contributed by atoms with Crippen LogP contribution in [0, 0.1) is 17.8 Å². The Labute approximate surface area is 131 Å². The first kappa shape index (κ1) is 15.2. The van der Waals surface area contributed by atoms with Gasteiger partial charge in [0, 0.05) is 25.1 Å². The minimum Gasteiger partial charge on any atom is -0.497 e. The van der Waals surface area contributed by atoms with Crippen LogP contribution in [0.5, 0.6) is 5.75 Å². The van der Waals surface area contributed by atoms with Crippen molar-refractivity contribution in [3.05, 3.63) is 29.8 Å². The van der Waals surface area contributed by atoms with Gasteiger partial charge in [0.05, 0.1) is 7.11 Å². The molecule has 5 nitrogen and oxygen atoms in total. The molecule has 0 radical (unpaired) electrons. The molecule has 120 valence electrons. The summed E-state index contributed by atoms with van der Waals surface area (Å²) >= 11 is 0. The summed E-state index contributed by atoms with van der Waals surface area (Å²) in [5, 5.41) is 15.5. The number of benzene rings is 1. The largest absolute Gasteiger partial charge is 0.497 e. The highest BCUT2D eigenvalue weighted by Gasteiger charge is 2.47. The van der Waals surface area contributed by atoms with Crippen molar-refractivity contribution in [1.29, 1.82) is 0 Å². The molecule has 2 fully saturated rings. The summed E-state index contributed by atoms with van der Waals surface area (Å²) < 4.78 is 5.18. The Balaban J connectivity index is 1.52. The number of carbonyl (C=O) groups excluding carboxylic acids is 1. The van der Waals surface area contributed by atoms with E-state index in [2.05, 4.69) is 10.6 Å². The van der Waals surface area contributed by atoms with E-state index in [9.17, 15) is 9.90 Å². The summed E-state index contributed by atoms with van der Waals surface area (Å²) in [7, 11) is 1.63. The van der Waals surface area contributed by atoms with E-state index in [4.69, 9.17) is 4.74 Å². The molecule has 2 bridgehead atoms. The highest BCUT2D eigenvalue weighted by molar-refractivity contribution is 5.74. The van der Waals surface area contributed by atoms with Crippen LogP contribution >= 0.6 is 0 Å². The fraction of sp³-hybridized carbons (Fsp3) is 0.588. The Hall–Kier alpha value is -1.75. The number of hydrogen-bond donors (Lipinski definition) is 3. The normalized spacial score (nSPS) is 29.4. The molecule has 0 spiro atoms. The lowest BCUT2D eigenvalue weighted by atomic mass is 9.85. The van der Waals surface area contributed by atoms with Crippen LogP contribution in [0.25, 0.3) is 0 Å². The molecule has 3 rings (SSSR count). The van der Waals surface area contributed by atoms with Crippen molar-refractivity contribution in [2.75, 3.05) is 13.7 Å². The molecule has 1 aromatic rings. The average Bonchev–Trinajstić information content (AvgIpc) is 3.14. The predicted molar refractivity (Wildman–Crippen MR) is 83.6 cm³/mol. The van der Waals surface area contributed by atoms with E-state index < -0.39 is 0 Å². The van der Waals surface area contributed by atoms with Gasteiger partial charge in [0.15, 0.2) is 0 Å². The highest BCUT2D eigenvalue weighted by Crippen LogP contribution is 2.48. The molecule has 0 aromatic heterocycles. The van der Waals surface area contributed by atoms with Crippen molar-refractivity contribution in [1.82, 2.24) is 10.6 Å². The summed E-state index contributed by atoms with van der Waals surface area (Å²) in [5.74, 6) is 2.12. The van der Waals surface area contributed by atoms with Crippen molar-refractivity contribution in [3.8, 4) is 5.75 Å². The maximum Gasteiger partial charge on any atom is 0.315 e. The standard InChI is InChI=1S/C17H24N2O3/c1-22-14-4-2-3-11(7-14)9-18-17(21)19-16-13-6-5-12(8-13)15(16)10-20/h2-4,7,12-13,15-16,20H,5-6,8-10H2,1H3,(H2,18,19,21). The van der Waals surface area contributed by atoms with Crippen LogP contribution in [0.2, 0.25) is 0 Å². The second kappa shape index (κ2) is 6.57. The summed E-state index contributed by atoms with van der Waals surface area (Å²) in [6.07, 6.45) is 3.51. The van der Waals surface area contributed by atoms with Crippen molar-refractivity contribution >= 4 is 6.03 Å². The van der Waals surface area contributed by atoms with Gasteiger partial charge in [-0.3, -0.25) is 0 Å². The maximum atomic E-state index is 12.1. The smallest absolute Gasteiger partial charge is 0.315 e.